The van der Waals surface area contributed by atoms with Crippen molar-refractivity contribution < 1.29 is 14.3 Å². The van der Waals surface area contributed by atoms with E-state index in [-0.39, 0.29) is 11.9 Å². The highest BCUT2D eigenvalue weighted by atomic mass is 79.9. The number of halogens is 1. The second-order valence-electron chi connectivity index (χ2n) is 9.90. The Morgan fingerprint density at radius 2 is 1.77 bits per heavy atom. The van der Waals surface area contributed by atoms with E-state index in [1.54, 1.807) is 0 Å². The van der Waals surface area contributed by atoms with Gasteiger partial charge in [-0.15, -0.1) is 0 Å². The van der Waals surface area contributed by atoms with Crippen LogP contribution in [0.15, 0.2) is 87.2 Å². The molecule has 0 bridgehead atoms. The summed E-state index contributed by atoms with van der Waals surface area (Å²) in [7, 11) is 0. The molecule has 1 saturated heterocycles. The predicted molar refractivity (Wildman–Crippen MR) is 163 cm³/mol. The van der Waals surface area contributed by atoms with Gasteiger partial charge in [0.1, 0.15) is 6.61 Å². The number of hydrogen-bond donors (Lipinski definition) is 0. The van der Waals surface area contributed by atoms with Crippen LogP contribution < -0.4 is 9.47 Å². The molecule has 2 atom stereocenters. The van der Waals surface area contributed by atoms with Crippen LogP contribution in [0.4, 0.5) is 5.69 Å². The van der Waals surface area contributed by atoms with Gasteiger partial charge in [0.05, 0.1) is 17.2 Å². The lowest BCUT2D eigenvalue weighted by molar-refractivity contribution is -0.124. The average Bonchev–Trinajstić information content (AvgIpc) is 3.24. The van der Waals surface area contributed by atoms with E-state index < -0.39 is 0 Å². The molecule has 1 saturated carbocycles. The largest absolute Gasteiger partial charge is 0.490 e. The summed E-state index contributed by atoms with van der Waals surface area (Å²) in [5.41, 5.74) is 2.82. The van der Waals surface area contributed by atoms with Gasteiger partial charge in [-0.25, -0.2) is 4.99 Å². The maximum atomic E-state index is 13.8. The minimum Gasteiger partial charge on any atom is -0.490 e. The van der Waals surface area contributed by atoms with Gasteiger partial charge in [-0.2, -0.15) is 0 Å². The third-order valence-corrected chi connectivity index (χ3v) is 8.60. The van der Waals surface area contributed by atoms with Crippen molar-refractivity contribution in [1.29, 1.82) is 0 Å². The van der Waals surface area contributed by atoms with Crippen LogP contribution in [-0.2, 0) is 11.4 Å². The van der Waals surface area contributed by atoms with Gasteiger partial charge in [-0.1, -0.05) is 72.1 Å². The molecule has 1 heterocycles. The van der Waals surface area contributed by atoms with Crippen molar-refractivity contribution in [2.75, 3.05) is 6.61 Å². The summed E-state index contributed by atoms with van der Waals surface area (Å²) >= 11 is 4.92. The first-order chi connectivity index (χ1) is 19.0. The SMILES string of the molecule is CCOc1cc(/C=C2\SC(=Nc3ccccc3)N([C@H]3CCCC[C@H]3C)C2=O)ccc1OCc1ccc(Br)cc1. The van der Waals surface area contributed by atoms with Crippen LogP contribution in [-0.4, -0.2) is 28.6 Å². The zero-order chi connectivity index (χ0) is 27.2. The molecule has 0 unspecified atom stereocenters. The summed E-state index contributed by atoms with van der Waals surface area (Å²) in [6.07, 6.45) is 6.45. The summed E-state index contributed by atoms with van der Waals surface area (Å²) in [5.74, 6) is 1.81. The van der Waals surface area contributed by atoms with E-state index in [2.05, 4.69) is 22.9 Å². The summed E-state index contributed by atoms with van der Waals surface area (Å²) in [6, 6.07) is 23.9. The molecule has 3 aromatic rings. The van der Waals surface area contributed by atoms with Crippen LogP contribution in [0.25, 0.3) is 6.08 Å². The van der Waals surface area contributed by atoms with Crippen molar-refractivity contribution in [2.45, 2.75) is 52.2 Å². The van der Waals surface area contributed by atoms with Crippen molar-refractivity contribution in [3.8, 4) is 11.5 Å². The Labute approximate surface area is 243 Å². The molecule has 3 aromatic carbocycles. The van der Waals surface area contributed by atoms with Gasteiger partial charge in [0.2, 0.25) is 0 Å². The third-order valence-electron chi connectivity index (χ3n) is 7.09. The molecule has 0 aromatic heterocycles. The monoisotopic (exact) mass is 604 g/mol. The molecule has 0 N–H and O–H groups in total. The highest BCUT2D eigenvalue weighted by Gasteiger charge is 2.41. The first kappa shape index (κ1) is 27.5. The Balaban J connectivity index is 1.42. The molecule has 7 heteroatoms. The molecule has 0 spiro atoms. The maximum absolute atomic E-state index is 13.8. The fourth-order valence-electron chi connectivity index (χ4n) is 5.05. The van der Waals surface area contributed by atoms with E-state index in [0.717, 1.165) is 45.7 Å². The zero-order valence-electron chi connectivity index (χ0n) is 22.3. The van der Waals surface area contributed by atoms with Crippen LogP contribution in [0.5, 0.6) is 11.5 Å². The summed E-state index contributed by atoms with van der Waals surface area (Å²) in [4.78, 5) is 21.3. The molecule has 1 aliphatic carbocycles. The Morgan fingerprint density at radius 1 is 1.00 bits per heavy atom. The number of rotatable bonds is 8. The van der Waals surface area contributed by atoms with E-state index in [1.165, 1.54) is 18.2 Å². The van der Waals surface area contributed by atoms with E-state index in [4.69, 9.17) is 14.5 Å². The fourth-order valence-corrected chi connectivity index (χ4v) is 6.35. The van der Waals surface area contributed by atoms with Crippen LogP contribution in [0.3, 0.4) is 0 Å². The predicted octanol–water partition coefficient (Wildman–Crippen LogP) is 8.61. The lowest BCUT2D eigenvalue weighted by Gasteiger charge is -2.35. The van der Waals surface area contributed by atoms with Crippen molar-refractivity contribution in [3.05, 3.63) is 93.3 Å². The number of amidine groups is 1. The molecule has 202 valence electrons. The first-order valence-corrected chi connectivity index (χ1v) is 15.1. The minimum absolute atomic E-state index is 0.0296. The number of aliphatic imine (C=N–C) groups is 1. The van der Waals surface area contributed by atoms with E-state index >= 15 is 0 Å². The Bertz CT molecular complexity index is 1360. The van der Waals surface area contributed by atoms with Gasteiger partial charge in [-0.3, -0.25) is 9.69 Å². The highest BCUT2D eigenvalue weighted by molar-refractivity contribution is 9.10. The molecule has 5 nitrogen and oxygen atoms in total. The number of thioether (sulfide) groups is 1. The second-order valence-corrected chi connectivity index (χ2v) is 11.8. The molecule has 39 heavy (non-hydrogen) atoms. The van der Waals surface area contributed by atoms with Gasteiger partial charge in [0.25, 0.3) is 5.91 Å². The van der Waals surface area contributed by atoms with Gasteiger partial charge in [-0.05, 0) is 91.0 Å². The maximum Gasteiger partial charge on any atom is 0.267 e. The van der Waals surface area contributed by atoms with Gasteiger partial charge < -0.3 is 9.47 Å². The molecule has 1 aliphatic heterocycles. The molecular formula is C32H33BrN2O3S. The summed E-state index contributed by atoms with van der Waals surface area (Å²) in [6.45, 7) is 5.17. The standard InChI is InChI=1S/C32H33BrN2O3S/c1-3-37-29-19-24(15-18-28(29)38-21-23-13-16-25(33)17-14-23)20-30-31(36)35(27-12-8-7-9-22(27)2)32(39-30)34-26-10-5-4-6-11-26/h4-6,10-11,13-20,22,27H,3,7-9,12,21H2,1-2H3/b30-20-,34-32?/t22-,27+/m1/s1. The Kier molecular flexibility index (Phi) is 9.09. The van der Waals surface area contributed by atoms with E-state index in [9.17, 15) is 4.79 Å². The molecule has 5 rings (SSSR count). The number of amides is 1. The van der Waals surface area contributed by atoms with Crippen molar-refractivity contribution in [1.82, 2.24) is 4.90 Å². The molecule has 1 amide bonds. The topological polar surface area (TPSA) is 51.1 Å². The Morgan fingerprint density at radius 3 is 2.51 bits per heavy atom. The normalized spacial score (nSPS) is 21.5. The second kappa shape index (κ2) is 12.9. The Hall–Kier alpha value is -3.03. The minimum atomic E-state index is 0.0296. The fraction of sp³-hybridized carbons (Fsp3) is 0.312. The van der Waals surface area contributed by atoms with Crippen molar-refractivity contribution >= 4 is 50.5 Å². The van der Waals surface area contributed by atoms with Crippen molar-refractivity contribution in [3.63, 3.8) is 0 Å². The number of carbonyl (C=O) groups excluding carboxylic acids is 1. The van der Waals surface area contributed by atoms with E-state index in [0.29, 0.717) is 35.5 Å². The van der Waals surface area contributed by atoms with Crippen molar-refractivity contribution in [2.24, 2.45) is 10.9 Å². The summed E-state index contributed by atoms with van der Waals surface area (Å²) in [5, 5.41) is 0.760. The van der Waals surface area contributed by atoms with Crippen LogP contribution in [0.2, 0.25) is 0 Å². The zero-order valence-corrected chi connectivity index (χ0v) is 24.7. The number of nitrogens with zero attached hydrogens (tertiary/aromatic N) is 2. The lowest BCUT2D eigenvalue weighted by Crippen LogP contribution is -2.44. The number of carbonyl (C=O) groups is 1. The molecule has 2 fully saturated rings. The van der Waals surface area contributed by atoms with Gasteiger partial charge in [0.15, 0.2) is 16.7 Å². The molecule has 2 aliphatic rings. The third kappa shape index (κ3) is 6.76. The number of benzene rings is 3. The van der Waals surface area contributed by atoms with Crippen LogP contribution in [0.1, 0.15) is 50.7 Å². The van der Waals surface area contributed by atoms with Crippen LogP contribution in [0, 0.1) is 5.92 Å². The first-order valence-electron chi connectivity index (χ1n) is 13.5. The van der Waals surface area contributed by atoms with Gasteiger partial charge in [0, 0.05) is 10.5 Å². The smallest absolute Gasteiger partial charge is 0.267 e. The lowest BCUT2D eigenvalue weighted by atomic mass is 9.85. The van der Waals surface area contributed by atoms with Gasteiger partial charge >= 0.3 is 0 Å². The van der Waals surface area contributed by atoms with E-state index in [1.807, 2.05) is 90.7 Å². The number of hydrogen-bond acceptors (Lipinski definition) is 5. The summed E-state index contributed by atoms with van der Waals surface area (Å²) < 4.78 is 13.0. The quantitative estimate of drug-likeness (QED) is 0.241. The molecular weight excluding hydrogens is 572 g/mol. The number of para-hydroxylation sites is 1. The molecule has 0 radical (unpaired) electrons. The highest BCUT2D eigenvalue weighted by Crippen LogP contribution is 2.40. The number of ether oxygens (including phenoxy) is 2. The average molecular weight is 606 g/mol. The van der Waals surface area contributed by atoms with Crippen LogP contribution >= 0.6 is 27.7 Å².